The monoisotopic (exact) mass is 217 g/mol. The number of ether oxygens (including phenoxy) is 1. The first-order chi connectivity index (χ1) is 7.77. The molecule has 2 heteroatoms. The van der Waals surface area contributed by atoms with Crippen molar-refractivity contribution in [1.82, 2.24) is 0 Å². The molecule has 1 fully saturated rings. The molecule has 0 bridgehead atoms. The lowest BCUT2D eigenvalue weighted by Gasteiger charge is -2.20. The lowest BCUT2D eigenvalue weighted by Crippen LogP contribution is -2.24. The van der Waals surface area contributed by atoms with Crippen molar-refractivity contribution >= 4 is 0 Å². The van der Waals surface area contributed by atoms with Gasteiger partial charge in [0.2, 0.25) is 0 Å². The highest BCUT2D eigenvalue weighted by Gasteiger charge is 2.34. The number of hydrogen-bond acceptors (Lipinski definition) is 2. The van der Waals surface area contributed by atoms with Gasteiger partial charge in [0, 0.05) is 12.5 Å². The molecule has 3 rings (SSSR count). The van der Waals surface area contributed by atoms with Crippen LogP contribution in [0, 0.1) is 5.92 Å². The average molecular weight is 217 g/mol. The van der Waals surface area contributed by atoms with E-state index in [9.17, 15) is 0 Å². The van der Waals surface area contributed by atoms with Gasteiger partial charge in [0.25, 0.3) is 0 Å². The number of hydrogen-bond donors (Lipinski definition) is 1. The second-order valence-corrected chi connectivity index (χ2v) is 5.14. The molecule has 3 atom stereocenters. The molecule has 1 saturated carbocycles. The van der Waals surface area contributed by atoms with E-state index in [-0.39, 0.29) is 0 Å². The molecule has 1 aromatic carbocycles. The highest BCUT2D eigenvalue weighted by molar-refractivity contribution is 5.46. The van der Waals surface area contributed by atoms with E-state index in [0.29, 0.717) is 17.9 Å². The fraction of sp³-hybridized carbons (Fsp3) is 0.571. The molecular formula is C14H19NO. The highest BCUT2D eigenvalue weighted by atomic mass is 16.5. The minimum Gasteiger partial charge on any atom is -0.493 e. The van der Waals surface area contributed by atoms with Crippen LogP contribution in [0.4, 0.5) is 0 Å². The van der Waals surface area contributed by atoms with Crippen molar-refractivity contribution < 1.29 is 4.74 Å². The van der Waals surface area contributed by atoms with Gasteiger partial charge in [-0.15, -0.1) is 0 Å². The zero-order valence-corrected chi connectivity index (χ0v) is 9.78. The predicted octanol–water partition coefficient (Wildman–Crippen LogP) is 2.46. The number of nitrogens with two attached hydrogens (primary N) is 1. The zero-order valence-electron chi connectivity index (χ0n) is 9.78. The molecule has 1 aliphatic heterocycles. The van der Waals surface area contributed by atoms with Gasteiger partial charge in [-0.05, 0) is 35.8 Å². The Morgan fingerprint density at radius 3 is 2.94 bits per heavy atom. The summed E-state index contributed by atoms with van der Waals surface area (Å²) in [7, 11) is 0. The van der Waals surface area contributed by atoms with Crippen LogP contribution in [0.2, 0.25) is 0 Å². The summed E-state index contributed by atoms with van der Waals surface area (Å²) in [5.41, 5.74) is 8.89. The van der Waals surface area contributed by atoms with Gasteiger partial charge in [-0.25, -0.2) is 0 Å². The van der Waals surface area contributed by atoms with Crippen LogP contribution in [0.15, 0.2) is 18.2 Å². The Kier molecular flexibility index (Phi) is 2.40. The van der Waals surface area contributed by atoms with Crippen molar-refractivity contribution in [3.63, 3.8) is 0 Å². The molecule has 0 aromatic heterocycles. The summed E-state index contributed by atoms with van der Waals surface area (Å²) in [6.07, 6.45) is 3.42. The molecule has 0 saturated heterocycles. The van der Waals surface area contributed by atoms with Crippen molar-refractivity contribution in [1.29, 1.82) is 0 Å². The molecule has 0 radical (unpaired) electrons. The number of para-hydroxylation sites is 1. The van der Waals surface area contributed by atoms with Gasteiger partial charge in [0.05, 0.1) is 6.61 Å². The molecule has 3 unspecified atom stereocenters. The van der Waals surface area contributed by atoms with Crippen LogP contribution in [0.5, 0.6) is 5.75 Å². The number of fused-ring (bicyclic) bond motifs is 1. The van der Waals surface area contributed by atoms with E-state index >= 15 is 0 Å². The molecular weight excluding hydrogens is 198 g/mol. The summed E-state index contributed by atoms with van der Waals surface area (Å²) in [5.74, 6) is 2.34. The normalized spacial score (nSPS) is 32.5. The van der Waals surface area contributed by atoms with Crippen LogP contribution in [0.1, 0.15) is 36.8 Å². The Balaban J connectivity index is 1.98. The van der Waals surface area contributed by atoms with E-state index < -0.39 is 0 Å². The Labute approximate surface area is 96.8 Å². The summed E-state index contributed by atoms with van der Waals surface area (Å²) >= 11 is 0. The Morgan fingerprint density at radius 1 is 1.31 bits per heavy atom. The fourth-order valence-electron chi connectivity index (χ4n) is 3.17. The number of benzene rings is 1. The first kappa shape index (κ1) is 10.2. The summed E-state index contributed by atoms with van der Waals surface area (Å²) < 4.78 is 5.78. The summed E-state index contributed by atoms with van der Waals surface area (Å²) in [6, 6.07) is 6.94. The van der Waals surface area contributed by atoms with E-state index in [1.165, 1.54) is 17.5 Å². The van der Waals surface area contributed by atoms with Crippen molar-refractivity contribution in [3.05, 3.63) is 29.3 Å². The fourth-order valence-corrected chi connectivity index (χ4v) is 3.17. The van der Waals surface area contributed by atoms with E-state index in [4.69, 9.17) is 10.5 Å². The van der Waals surface area contributed by atoms with E-state index in [1.54, 1.807) is 0 Å². The predicted molar refractivity (Wildman–Crippen MR) is 64.8 cm³/mol. The van der Waals surface area contributed by atoms with Gasteiger partial charge >= 0.3 is 0 Å². The van der Waals surface area contributed by atoms with Gasteiger partial charge in [0.1, 0.15) is 5.75 Å². The first-order valence-corrected chi connectivity index (χ1v) is 6.27. The highest BCUT2D eigenvalue weighted by Crippen LogP contribution is 2.44. The average Bonchev–Trinajstić information content (AvgIpc) is 2.87. The van der Waals surface area contributed by atoms with Gasteiger partial charge in [0.15, 0.2) is 0 Å². The SMILES string of the molecule is CC1C(N)CCC1c1cccc2c1OCC2. The van der Waals surface area contributed by atoms with Crippen LogP contribution < -0.4 is 10.5 Å². The van der Waals surface area contributed by atoms with Crippen LogP contribution in [0.3, 0.4) is 0 Å². The maximum Gasteiger partial charge on any atom is 0.126 e. The first-order valence-electron chi connectivity index (χ1n) is 6.27. The Hall–Kier alpha value is -1.02. The molecule has 1 heterocycles. The van der Waals surface area contributed by atoms with Crippen LogP contribution in [-0.4, -0.2) is 12.6 Å². The summed E-state index contributed by atoms with van der Waals surface area (Å²) in [6.45, 7) is 3.12. The van der Waals surface area contributed by atoms with Gasteiger partial charge in [-0.1, -0.05) is 25.1 Å². The van der Waals surface area contributed by atoms with E-state index in [0.717, 1.165) is 25.2 Å². The maximum atomic E-state index is 6.11. The van der Waals surface area contributed by atoms with Gasteiger partial charge in [-0.2, -0.15) is 0 Å². The van der Waals surface area contributed by atoms with Crippen LogP contribution in [0.25, 0.3) is 0 Å². The van der Waals surface area contributed by atoms with Crippen molar-refractivity contribution in [2.45, 2.75) is 38.1 Å². The molecule has 2 nitrogen and oxygen atoms in total. The minimum absolute atomic E-state index is 0.363. The third kappa shape index (κ3) is 1.44. The maximum absolute atomic E-state index is 6.11. The van der Waals surface area contributed by atoms with Crippen molar-refractivity contribution in [3.8, 4) is 5.75 Å². The zero-order chi connectivity index (χ0) is 11.1. The third-order valence-corrected chi connectivity index (χ3v) is 4.27. The van der Waals surface area contributed by atoms with Gasteiger partial charge < -0.3 is 10.5 Å². The molecule has 1 aliphatic carbocycles. The largest absolute Gasteiger partial charge is 0.493 e. The molecule has 0 amide bonds. The molecule has 2 N–H and O–H groups in total. The lowest BCUT2D eigenvalue weighted by atomic mass is 9.87. The standard InChI is InChI=1S/C14H19NO/c1-9-11(5-6-13(9)15)12-4-2-3-10-7-8-16-14(10)12/h2-4,9,11,13H,5-8,15H2,1H3. The lowest BCUT2D eigenvalue weighted by molar-refractivity contribution is 0.347. The van der Waals surface area contributed by atoms with E-state index in [1.807, 2.05) is 0 Å². The Bertz CT molecular complexity index is 402. The molecule has 1 aromatic rings. The molecule has 86 valence electrons. The molecule has 16 heavy (non-hydrogen) atoms. The van der Waals surface area contributed by atoms with Crippen molar-refractivity contribution in [2.75, 3.05) is 6.61 Å². The van der Waals surface area contributed by atoms with Crippen LogP contribution >= 0.6 is 0 Å². The third-order valence-electron chi connectivity index (χ3n) is 4.27. The Morgan fingerprint density at radius 2 is 2.19 bits per heavy atom. The second kappa shape index (κ2) is 3.77. The smallest absolute Gasteiger partial charge is 0.126 e. The quantitative estimate of drug-likeness (QED) is 0.784. The second-order valence-electron chi connectivity index (χ2n) is 5.14. The number of rotatable bonds is 1. The van der Waals surface area contributed by atoms with Crippen molar-refractivity contribution in [2.24, 2.45) is 11.7 Å². The molecule has 2 aliphatic rings. The minimum atomic E-state index is 0.363. The molecule has 0 spiro atoms. The summed E-state index contributed by atoms with van der Waals surface area (Å²) in [5, 5.41) is 0. The topological polar surface area (TPSA) is 35.2 Å². The summed E-state index contributed by atoms with van der Waals surface area (Å²) in [4.78, 5) is 0. The van der Waals surface area contributed by atoms with E-state index in [2.05, 4.69) is 25.1 Å². The van der Waals surface area contributed by atoms with Gasteiger partial charge in [-0.3, -0.25) is 0 Å². The van der Waals surface area contributed by atoms with Crippen LogP contribution in [-0.2, 0) is 6.42 Å².